The van der Waals surface area contributed by atoms with Crippen LogP contribution in [0.3, 0.4) is 0 Å². The monoisotopic (exact) mass is 155 g/mol. The van der Waals surface area contributed by atoms with Crippen LogP contribution < -0.4 is 93.3 Å². The van der Waals surface area contributed by atoms with Crippen LogP contribution in [0.4, 0.5) is 0 Å². The van der Waals surface area contributed by atoms with Gasteiger partial charge in [-0.3, -0.25) is 0 Å². The third-order valence-electron chi connectivity index (χ3n) is 0. The van der Waals surface area contributed by atoms with Gasteiger partial charge < -0.3 is 25.0 Å². The second-order valence-corrected chi connectivity index (χ2v) is 0.274. The van der Waals surface area contributed by atoms with Gasteiger partial charge >= 0.3 is 80.9 Å². The predicted octanol–water partition coefficient (Wildman–Crippen LogP) is -8.97. The maximum Gasteiger partial charge on any atom is 1.00 e. The van der Waals surface area contributed by atoms with Gasteiger partial charge in [0.1, 0.15) is 0 Å². The molecule has 6 heavy (non-hydrogen) atoms. The average Bonchev–Trinajstić information content (AvgIpc) is 0.918. The van der Waals surface area contributed by atoms with Crippen LogP contribution in [0.2, 0.25) is 0 Å². The van der Waals surface area contributed by atoms with Crippen LogP contribution in [0.15, 0.2) is 0 Å². The third kappa shape index (κ3) is 30.3. The predicted molar refractivity (Wildman–Crippen MR) is 13.0 cm³/mol. The molecule has 24 valence electrons. The van der Waals surface area contributed by atoms with E-state index in [9.17, 15) is 0 Å². The van der Waals surface area contributed by atoms with E-state index in [-0.39, 0.29) is 93.3 Å². The largest absolute Gasteiger partial charge is 1.00 e. The Bertz CT molecular complexity index is 37.0. The zero-order chi connectivity index (χ0) is 2.71. The quantitative estimate of drug-likeness (QED) is 0.197. The second kappa shape index (κ2) is 25.4. The molecule has 0 aliphatic heterocycles. The zero-order valence-corrected chi connectivity index (χ0v) is 10.4. The van der Waals surface area contributed by atoms with E-state index in [1.807, 2.05) is 0 Å². The molecule has 0 aromatic carbocycles. The summed E-state index contributed by atoms with van der Waals surface area (Å²) < 4.78 is 0. The van der Waals surface area contributed by atoms with Crippen molar-refractivity contribution >= 4 is 12.6 Å². The zero-order valence-electron chi connectivity index (χ0n) is 3.73. The molecule has 0 aliphatic carbocycles. The first-order valence-corrected chi connectivity index (χ1v) is 0.836. The number of nitrogens with zero attached hydrogens (tertiary/aromatic N) is 1. The van der Waals surface area contributed by atoms with Gasteiger partial charge in [-0.25, -0.2) is 5.26 Å². The molecule has 0 saturated heterocycles. The number of hydrogen-bond acceptors (Lipinski definition) is 2. The van der Waals surface area contributed by atoms with Crippen LogP contribution in [0, 0.1) is 10.7 Å². The molecule has 0 aromatic heterocycles. The number of nitriles is 1. The van der Waals surface area contributed by atoms with Crippen molar-refractivity contribution < 1.29 is 93.3 Å². The van der Waals surface area contributed by atoms with Crippen molar-refractivity contribution in [2.45, 2.75) is 0 Å². The van der Waals surface area contributed by atoms with E-state index in [4.69, 9.17) is 5.26 Å². The Hall–Kier alpha value is 2.64. The summed E-state index contributed by atoms with van der Waals surface area (Å²) >= 11 is 3.70. The molecular weight excluding hydrogens is 156 g/mol. The van der Waals surface area contributed by atoms with Crippen molar-refractivity contribution in [3.63, 3.8) is 0 Å². The summed E-state index contributed by atoms with van der Waals surface area (Å²) in [6.45, 7) is 0. The molecule has 0 saturated carbocycles. The van der Waals surface area contributed by atoms with E-state index in [1.54, 1.807) is 0 Å². The first-order chi connectivity index (χ1) is 1.41. The Morgan fingerprint density at radius 2 is 1.50 bits per heavy atom. The van der Waals surface area contributed by atoms with Gasteiger partial charge in [-0.1, -0.05) is 5.40 Å². The Morgan fingerprint density at radius 3 is 1.50 bits per heavy atom. The minimum atomic E-state index is 0. The summed E-state index contributed by atoms with van der Waals surface area (Å²) in [5, 5.41) is 8.47. The molecule has 0 aromatic rings. The fraction of sp³-hybridized carbons (Fsp3) is 0. The first kappa shape index (κ1) is 23.4. The molecule has 0 bridgehead atoms. The van der Waals surface area contributed by atoms with Crippen LogP contribution in [0.1, 0.15) is 0 Å². The van der Waals surface area contributed by atoms with Gasteiger partial charge in [-0.05, 0) is 0 Å². The molecule has 0 heterocycles. The van der Waals surface area contributed by atoms with E-state index < -0.39 is 0 Å². The van der Waals surface area contributed by atoms with Gasteiger partial charge in [0.05, 0.1) is 0 Å². The summed E-state index contributed by atoms with van der Waals surface area (Å²) in [6, 6.07) is 0. The molecule has 0 atom stereocenters. The Labute approximate surface area is 114 Å². The van der Waals surface area contributed by atoms with Crippen molar-refractivity contribution in [2.24, 2.45) is 0 Å². The van der Waals surface area contributed by atoms with Crippen LogP contribution in [-0.4, -0.2) is 0 Å². The van der Waals surface area contributed by atoms with Gasteiger partial charge in [-0.15, -0.1) is 0 Å². The van der Waals surface area contributed by atoms with Gasteiger partial charge in [-0.2, -0.15) is 0 Å². The Morgan fingerprint density at radius 1 is 1.50 bits per heavy atom. The van der Waals surface area contributed by atoms with E-state index in [2.05, 4.69) is 12.6 Å². The molecule has 0 radical (unpaired) electrons. The minimum absolute atomic E-state index is 0. The fourth-order valence-corrected chi connectivity index (χ4v) is 0. The van der Waals surface area contributed by atoms with Gasteiger partial charge in [0, 0.05) is 0 Å². The van der Waals surface area contributed by atoms with Crippen LogP contribution >= 0.6 is 0 Å². The van der Waals surface area contributed by atoms with Crippen LogP contribution in [0.5, 0.6) is 0 Å². The number of rotatable bonds is 0. The normalized spacial score (nSPS) is 1.17. The van der Waals surface area contributed by atoms with E-state index in [0.717, 1.165) is 0 Å². The molecule has 0 N–H and O–H groups in total. The molecular formula is CClKNNaS. The SMILES string of the molecule is N#C[S-].[Cl-].[K+].[Na+]. The van der Waals surface area contributed by atoms with E-state index >= 15 is 0 Å². The molecule has 0 fully saturated rings. The molecule has 1 nitrogen and oxygen atoms in total. The van der Waals surface area contributed by atoms with Crippen LogP contribution in [0.25, 0.3) is 0 Å². The summed E-state index contributed by atoms with van der Waals surface area (Å²) in [6.07, 6.45) is 0. The van der Waals surface area contributed by atoms with Crippen molar-refractivity contribution in [3.8, 4) is 5.40 Å². The number of halogens is 1. The van der Waals surface area contributed by atoms with E-state index in [1.165, 1.54) is 5.40 Å². The molecule has 0 spiro atoms. The summed E-state index contributed by atoms with van der Waals surface area (Å²) in [7, 11) is 0. The smallest absolute Gasteiger partial charge is 1.00 e. The molecule has 0 aliphatic rings. The van der Waals surface area contributed by atoms with Crippen molar-refractivity contribution in [3.05, 3.63) is 0 Å². The van der Waals surface area contributed by atoms with Crippen molar-refractivity contribution in [1.29, 1.82) is 5.26 Å². The van der Waals surface area contributed by atoms with Gasteiger partial charge in [0.25, 0.3) is 0 Å². The molecule has 0 rings (SSSR count). The van der Waals surface area contributed by atoms with Gasteiger partial charge in [0.15, 0.2) is 0 Å². The fourth-order valence-electron chi connectivity index (χ4n) is 0. The average molecular weight is 156 g/mol. The van der Waals surface area contributed by atoms with Crippen molar-refractivity contribution in [2.75, 3.05) is 0 Å². The van der Waals surface area contributed by atoms with Crippen LogP contribution in [-0.2, 0) is 12.6 Å². The van der Waals surface area contributed by atoms with E-state index in [0.29, 0.717) is 0 Å². The third-order valence-corrected chi connectivity index (χ3v) is 0. The van der Waals surface area contributed by atoms with Crippen molar-refractivity contribution in [1.82, 2.24) is 0 Å². The summed E-state index contributed by atoms with van der Waals surface area (Å²) in [5.74, 6) is 0. The Balaban J connectivity index is -0.00000000667. The maximum atomic E-state index is 7.13. The standard InChI is InChI=1S/CHNS.ClH.K.Na/c2-1-3;;;/h3H;1H;;/q;;2*+1/p-2. The molecule has 0 amide bonds. The topological polar surface area (TPSA) is 23.8 Å². The second-order valence-electron chi connectivity index (χ2n) is 0.0913. The summed E-state index contributed by atoms with van der Waals surface area (Å²) in [4.78, 5) is 0. The van der Waals surface area contributed by atoms with Gasteiger partial charge in [0.2, 0.25) is 0 Å². The summed E-state index contributed by atoms with van der Waals surface area (Å²) in [5.41, 5.74) is 0. The number of thiocyanates is 1. The molecule has 0 unspecified atom stereocenters. The number of hydrogen-bond donors (Lipinski definition) is 0. The first-order valence-electron chi connectivity index (χ1n) is 0.428. The maximum absolute atomic E-state index is 7.13. The Kier molecular flexibility index (Phi) is 99.3. The minimum Gasteiger partial charge on any atom is -1.00 e. The molecule has 5 heteroatoms.